The average molecular weight is 290 g/mol. The van der Waals surface area contributed by atoms with Crippen LogP contribution in [-0.4, -0.2) is 20.8 Å². The van der Waals surface area contributed by atoms with Crippen LogP contribution >= 0.6 is 0 Å². The highest BCUT2D eigenvalue weighted by atomic mass is 19.1. The highest BCUT2D eigenvalue weighted by molar-refractivity contribution is 5.62. The van der Waals surface area contributed by atoms with Crippen LogP contribution in [0.2, 0.25) is 0 Å². The molecule has 0 unspecified atom stereocenters. The largest absolute Gasteiger partial charge is 0.497 e. The van der Waals surface area contributed by atoms with E-state index in [4.69, 9.17) is 15.2 Å². The van der Waals surface area contributed by atoms with E-state index in [9.17, 15) is 4.39 Å². The van der Waals surface area contributed by atoms with Gasteiger partial charge in [0.25, 0.3) is 0 Å². The first-order valence-electron chi connectivity index (χ1n) is 6.64. The highest BCUT2D eigenvalue weighted by Crippen LogP contribution is 2.28. The minimum Gasteiger partial charge on any atom is -0.497 e. The SMILES string of the molecule is COc1ccc(CCNc2cc(OC)c(N)cc2F)cc1. The summed E-state index contributed by atoms with van der Waals surface area (Å²) < 4.78 is 24.0. The number of benzene rings is 2. The second-order valence-corrected chi connectivity index (χ2v) is 4.60. The van der Waals surface area contributed by atoms with Gasteiger partial charge in [-0.3, -0.25) is 0 Å². The van der Waals surface area contributed by atoms with Crippen molar-refractivity contribution >= 4 is 11.4 Å². The molecule has 0 fully saturated rings. The lowest BCUT2D eigenvalue weighted by atomic mass is 10.1. The van der Waals surface area contributed by atoms with Gasteiger partial charge in [-0.15, -0.1) is 0 Å². The number of methoxy groups -OCH3 is 2. The molecule has 0 aliphatic heterocycles. The Labute approximate surface area is 123 Å². The molecule has 4 nitrogen and oxygen atoms in total. The maximum Gasteiger partial charge on any atom is 0.148 e. The number of nitrogen functional groups attached to an aromatic ring is 1. The van der Waals surface area contributed by atoms with Crippen LogP contribution < -0.4 is 20.5 Å². The third-order valence-electron chi connectivity index (χ3n) is 3.21. The number of hydrogen-bond donors (Lipinski definition) is 2. The number of anilines is 2. The third kappa shape index (κ3) is 3.78. The molecule has 0 atom stereocenters. The minimum absolute atomic E-state index is 0.288. The molecule has 0 saturated heterocycles. The van der Waals surface area contributed by atoms with Crippen LogP contribution in [0.1, 0.15) is 5.56 Å². The number of hydrogen-bond acceptors (Lipinski definition) is 4. The second-order valence-electron chi connectivity index (χ2n) is 4.60. The van der Waals surface area contributed by atoms with Crippen molar-refractivity contribution in [3.8, 4) is 11.5 Å². The summed E-state index contributed by atoms with van der Waals surface area (Å²) in [5, 5.41) is 3.05. The van der Waals surface area contributed by atoms with E-state index in [1.165, 1.54) is 13.2 Å². The van der Waals surface area contributed by atoms with Gasteiger partial charge in [-0.25, -0.2) is 4.39 Å². The molecular weight excluding hydrogens is 271 g/mol. The van der Waals surface area contributed by atoms with Crippen LogP contribution in [0.4, 0.5) is 15.8 Å². The molecule has 21 heavy (non-hydrogen) atoms. The predicted molar refractivity (Wildman–Crippen MR) is 82.6 cm³/mol. The van der Waals surface area contributed by atoms with Gasteiger partial charge in [0, 0.05) is 18.7 Å². The molecule has 0 aliphatic rings. The van der Waals surface area contributed by atoms with E-state index in [1.807, 2.05) is 24.3 Å². The maximum atomic E-state index is 13.8. The van der Waals surface area contributed by atoms with Gasteiger partial charge in [0.05, 0.1) is 25.6 Å². The van der Waals surface area contributed by atoms with Crippen molar-refractivity contribution in [1.82, 2.24) is 0 Å². The van der Waals surface area contributed by atoms with Crippen LogP contribution in [0.5, 0.6) is 11.5 Å². The van der Waals surface area contributed by atoms with Gasteiger partial charge >= 0.3 is 0 Å². The first kappa shape index (κ1) is 15.0. The van der Waals surface area contributed by atoms with Crippen LogP contribution in [0.15, 0.2) is 36.4 Å². The molecule has 5 heteroatoms. The van der Waals surface area contributed by atoms with Gasteiger partial charge in [-0.05, 0) is 24.1 Å². The molecule has 0 aliphatic carbocycles. The summed E-state index contributed by atoms with van der Waals surface area (Å²) in [5.74, 6) is 0.896. The van der Waals surface area contributed by atoms with Crippen LogP contribution in [0.25, 0.3) is 0 Å². The van der Waals surface area contributed by atoms with Crippen molar-refractivity contribution in [2.24, 2.45) is 0 Å². The molecule has 2 aromatic carbocycles. The molecule has 0 aromatic heterocycles. The van der Waals surface area contributed by atoms with Gasteiger partial charge in [0.2, 0.25) is 0 Å². The third-order valence-corrected chi connectivity index (χ3v) is 3.21. The fourth-order valence-electron chi connectivity index (χ4n) is 2.01. The van der Waals surface area contributed by atoms with Gasteiger partial charge in [-0.2, -0.15) is 0 Å². The Morgan fingerprint density at radius 1 is 1.10 bits per heavy atom. The van der Waals surface area contributed by atoms with E-state index in [0.717, 1.165) is 17.7 Å². The van der Waals surface area contributed by atoms with Gasteiger partial charge < -0.3 is 20.5 Å². The van der Waals surface area contributed by atoms with Gasteiger partial charge in [-0.1, -0.05) is 12.1 Å². The van der Waals surface area contributed by atoms with Gasteiger partial charge in [0.1, 0.15) is 17.3 Å². The Morgan fingerprint density at radius 3 is 2.43 bits per heavy atom. The zero-order valence-electron chi connectivity index (χ0n) is 12.2. The molecule has 0 amide bonds. The lowest BCUT2D eigenvalue weighted by Crippen LogP contribution is -2.07. The van der Waals surface area contributed by atoms with Crippen molar-refractivity contribution in [3.05, 3.63) is 47.8 Å². The van der Waals surface area contributed by atoms with Crippen LogP contribution in [0.3, 0.4) is 0 Å². The normalized spacial score (nSPS) is 10.2. The Morgan fingerprint density at radius 2 is 1.81 bits per heavy atom. The highest BCUT2D eigenvalue weighted by Gasteiger charge is 2.08. The number of rotatable bonds is 6. The molecule has 0 bridgehead atoms. The zero-order chi connectivity index (χ0) is 15.2. The summed E-state index contributed by atoms with van der Waals surface area (Å²) in [4.78, 5) is 0. The standard InChI is InChI=1S/C16H19FN2O2/c1-20-12-5-3-11(4-6-12)7-8-19-15-10-16(21-2)14(18)9-13(15)17/h3-6,9-10,19H,7-8,18H2,1-2H3. The van der Waals surface area contributed by atoms with Crippen molar-refractivity contribution in [3.63, 3.8) is 0 Å². The Bertz CT molecular complexity index is 600. The first-order valence-corrected chi connectivity index (χ1v) is 6.64. The smallest absolute Gasteiger partial charge is 0.148 e. The molecular formula is C16H19FN2O2. The fourth-order valence-corrected chi connectivity index (χ4v) is 2.01. The van der Waals surface area contributed by atoms with Crippen molar-refractivity contribution in [1.29, 1.82) is 0 Å². The van der Waals surface area contributed by atoms with Crippen molar-refractivity contribution < 1.29 is 13.9 Å². The molecule has 0 radical (unpaired) electrons. The summed E-state index contributed by atoms with van der Waals surface area (Å²) in [6, 6.07) is 10.6. The van der Waals surface area contributed by atoms with E-state index >= 15 is 0 Å². The molecule has 0 heterocycles. The quantitative estimate of drug-likeness (QED) is 0.803. The lowest BCUT2D eigenvalue weighted by molar-refractivity contribution is 0.414. The number of nitrogens with two attached hydrogens (primary N) is 1. The predicted octanol–water partition coefficient (Wildman–Crippen LogP) is 3.08. The van der Waals surface area contributed by atoms with Gasteiger partial charge in [0.15, 0.2) is 0 Å². The Hall–Kier alpha value is -2.43. The number of nitrogens with one attached hydrogen (secondary N) is 1. The first-order chi connectivity index (χ1) is 10.1. The summed E-state index contributed by atoms with van der Waals surface area (Å²) in [7, 11) is 3.14. The summed E-state index contributed by atoms with van der Waals surface area (Å²) in [6.45, 7) is 0.607. The average Bonchev–Trinajstić information content (AvgIpc) is 2.50. The van der Waals surface area contributed by atoms with E-state index in [2.05, 4.69) is 5.32 Å². The van der Waals surface area contributed by atoms with Crippen LogP contribution in [-0.2, 0) is 6.42 Å². The van der Waals surface area contributed by atoms with Crippen molar-refractivity contribution in [2.75, 3.05) is 31.8 Å². The molecule has 2 aromatic rings. The molecule has 3 N–H and O–H groups in total. The topological polar surface area (TPSA) is 56.5 Å². The number of ether oxygens (including phenoxy) is 2. The fraction of sp³-hybridized carbons (Fsp3) is 0.250. The van der Waals surface area contributed by atoms with E-state index < -0.39 is 0 Å². The number of halogens is 1. The molecule has 2 rings (SSSR count). The zero-order valence-corrected chi connectivity index (χ0v) is 12.2. The lowest BCUT2D eigenvalue weighted by Gasteiger charge is -2.11. The van der Waals surface area contributed by atoms with E-state index in [1.54, 1.807) is 13.2 Å². The van der Waals surface area contributed by atoms with E-state index in [-0.39, 0.29) is 11.5 Å². The second kappa shape index (κ2) is 6.83. The summed E-state index contributed by atoms with van der Waals surface area (Å²) >= 11 is 0. The van der Waals surface area contributed by atoms with Crippen molar-refractivity contribution in [2.45, 2.75) is 6.42 Å². The Balaban J connectivity index is 1.96. The minimum atomic E-state index is -0.386. The monoisotopic (exact) mass is 290 g/mol. The summed E-state index contributed by atoms with van der Waals surface area (Å²) in [5.41, 5.74) is 7.46. The summed E-state index contributed by atoms with van der Waals surface area (Å²) in [6.07, 6.45) is 0.774. The maximum absolute atomic E-state index is 13.8. The molecule has 112 valence electrons. The molecule has 0 saturated carbocycles. The van der Waals surface area contributed by atoms with Crippen LogP contribution in [0, 0.1) is 5.82 Å². The van der Waals surface area contributed by atoms with E-state index in [0.29, 0.717) is 18.0 Å². The molecule has 0 spiro atoms. The Kier molecular flexibility index (Phi) is 4.87.